The van der Waals surface area contributed by atoms with E-state index in [1.807, 2.05) is 37.3 Å². The largest absolute Gasteiger partial charge is 0.315 e. The van der Waals surface area contributed by atoms with Gasteiger partial charge in [-0.05, 0) is 20.3 Å². The van der Waals surface area contributed by atoms with Gasteiger partial charge >= 0.3 is 0 Å². The highest BCUT2D eigenvalue weighted by Crippen LogP contribution is 2.47. The monoisotopic (exact) mass is 373 g/mol. The van der Waals surface area contributed by atoms with Crippen LogP contribution in [0.15, 0.2) is 30.3 Å². The van der Waals surface area contributed by atoms with Crippen LogP contribution in [0.1, 0.15) is 24.6 Å². The van der Waals surface area contributed by atoms with Crippen LogP contribution in [-0.4, -0.2) is 38.4 Å². The van der Waals surface area contributed by atoms with Crippen molar-refractivity contribution in [2.45, 2.75) is 37.6 Å². The fourth-order valence-corrected chi connectivity index (χ4v) is 5.79. The number of hydrogen-bond donors (Lipinski definition) is 1. The summed E-state index contributed by atoms with van der Waals surface area (Å²) in [7, 11) is 0. The number of carbonyl (C=O) groups excluding carboxylic acids is 2. The number of carbonyl (C=O) groups is 2. The molecule has 130 valence electrons. The van der Waals surface area contributed by atoms with Crippen molar-refractivity contribution in [1.82, 2.24) is 9.88 Å². The maximum atomic E-state index is 12.8. The molecule has 7 heteroatoms. The number of aryl methyl sites for hydroxylation is 1. The SMILES string of the molecule is Cc1sc(NC(=O)[C@@H]2CS[C@]3(C)CCC(=O)N23)nc1-c1ccccc1. The van der Waals surface area contributed by atoms with Crippen molar-refractivity contribution in [2.24, 2.45) is 0 Å². The summed E-state index contributed by atoms with van der Waals surface area (Å²) >= 11 is 3.17. The summed E-state index contributed by atoms with van der Waals surface area (Å²) in [5.41, 5.74) is 1.93. The first kappa shape index (κ1) is 16.6. The first-order valence-electron chi connectivity index (χ1n) is 8.28. The van der Waals surface area contributed by atoms with Gasteiger partial charge in [0, 0.05) is 22.6 Å². The Morgan fingerprint density at radius 3 is 2.88 bits per heavy atom. The number of rotatable bonds is 3. The molecule has 1 N–H and O–H groups in total. The van der Waals surface area contributed by atoms with Crippen molar-refractivity contribution < 1.29 is 9.59 Å². The highest BCUT2D eigenvalue weighted by Gasteiger charge is 2.52. The lowest BCUT2D eigenvalue weighted by atomic mass is 10.1. The number of aromatic nitrogens is 1. The molecule has 1 aromatic heterocycles. The van der Waals surface area contributed by atoms with Gasteiger partial charge in [0.2, 0.25) is 11.8 Å². The Morgan fingerprint density at radius 2 is 2.12 bits per heavy atom. The third-order valence-electron chi connectivity index (χ3n) is 4.82. The van der Waals surface area contributed by atoms with Crippen molar-refractivity contribution >= 4 is 40.0 Å². The molecule has 0 radical (unpaired) electrons. The van der Waals surface area contributed by atoms with Gasteiger partial charge in [0.1, 0.15) is 6.04 Å². The molecule has 3 heterocycles. The minimum Gasteiger partial charge on any atom is -0.315 e. The molecule has 0 unspecified atom stereocenters. The predicted molar refractivity (Wildman–Crippen MR) is 102 cm³/mol. The molecule has 2 fully saturated rings. The van der Waals surface area contributed by atoms with Gasteiger partial charge in [-0.1, -0.05) is 30.3 Å². The van der Waals surface area contributed by atoms with Crippen LogP contribution >= 0.6 is 23.1 Å². The summed E-state index contributed by atoms with van der Waals surface area (Å²) < 4.78 is 0. The zero-order valence-electron chi connectivity index (χ0n) is 14.1. The second kappa shape index (κ2) is 6.14. The van der Waals surface area contributed by atoms with Gasteiger partial charge in [-0.25, -0.2) is 4.98 Å². The van der Waals surface area contributed by atoms with Crippen molar-refractivity contribution in [2.75, 3.05) is 11.1 Å². The summed E-state index contributed by atoms with van der Waals surface area (Å²) in [5.74, 6) is 0.581. The highest BCUT2D eigenvalue weighted by atomic mass is 32.2. The van der Waals surface area contributed by atoms with Crippen LogP contribution in [0.25, 0.3) is 11.3 Å². The third kappa shape index (κ3) is 2.85. The molecule has 2 aliphatic heterocycles. The van der Waals surface area contributed by atoms with Gasteiger partial charge in [-0.2, -0.15) is 0 Å². The molecule has 0 spiro atoms. The summed E-state index contributed by atoms with van der Waals surface area (Å²) in [6, 6.07) is 9.53. The van der Waals surface area contributed by atoms with Crippen LogP contribution in [0.4, 0.5) is 5.13 Å². The summed E-state index contributed by atoms with van der Waals surface area (Å²) in [4.78, 5) is 32.1. The van der Waals surface area contributed by atoms with Crippen LogP contribution in [-0.2, 0) is 9.59 Å². The normalized spacial score (nSPS) is 25.3. The Morgan fingerprint density at radius 1 is 1.36 bits per heavy atom. The first-order chi connectivity index (χ1) is 12.0. The van der Waals surface area contributed by atoms with Crippen LogP contribution in [0.5, 0.6) is 0 Å². The number of thioether (sulfide) groups is 1. The third-order valence-corrected chi connectivity index (χ3v) is 7.21. The molecular formula is C18H19N3O2S2. The molecule has 0 aliphatic carbocycles. The minimum atomic E-state index is -0.408. The molecular weight excluding hydrogens is 354 g/mol. The zero-order valence-corrected chi connectivity index (χ0v) is 15.7. The summed E-state index contributed by atoms with van der Waals surface area (Å²) in [6.07, 6.45) is 1.34. The van der Waals surface area contributed by atoms with Crippen LogP contribution in [0.3, 0.4) is 0 Å². The van der Waals surface area contributed by atoms with Gasteiger partial charge in [0.05, 0.1) is 10.6 Å². The molecule has 2 aromatic rings. The van der Waals surface area contributed by atoms with E-state index >= 15 is 0 Å². The lowest BCUT2D eigenvalue weighted by Gasteiger charge is -2.29. The molecule has 5 nitrogen and oxygen atoms in total. The zero-order chi connectivity index (χ0) is 17.6. The van der Waals surface area contributed by atoms with Crippen LogP contribution in [0.2, 0.25) is 0 Å². The van der Waals surface area contributed by atoms with Crippen molar-refractivity contribution in [3.63, 3.8) is 0 Å². The van der Waals surface area contributed by atoms with Crippen molar-refractivity contribution in [1.29, 1.82) is 0 Å². The lowest BCUT2D eigenvalue weighted by Crippen LogP contribution is -2.48. The van der Waals surface area contributed by atoms with E-state index in [-0.39, 0.29) is 16.7 Å². The number of benzene rings is 1. The minimum absolute atomic E-state index is 0.0768. The van der Waals surface area contributed by atoms with E-state index in [0.717, 1.165) is 22.6 Å². The quantitative estimate of drug-likeness (QED) is 0.894. The Labute approximate surface area is 154 Å². The molecule has 1 aromatic carbocycles. The average Bonchev–Trinajstić information content (AvgIpc) is 3.22. The van der Waals surface area contributed by atoms with Crippen molar-refractivity contribution in [3.05, 3.63) is 35.2 Å². The van der Waals surface area contributed by atoms with Gasteiger partial charge in [-0.15, -0.1) is 23.1 Å². The topological polar surface area (TPSA) is 62.3 Å². The molecule has 2 saturated heterocycles. The molecule has 25 heavy (non-hydrogen) atoms. The standard InChI is InChI=1S/C18H19N3O2S2/c1-11-15(12-6-4-3-5-7-12)19-17(25-11)20-16(23)13-10-24-18(2)9-8-14(22)21(13)18/h3-7,13H,8-10H2,1-2H3,(H,19,20,23)/t13-,18+/m0/s1. The Balaban J connectivity index is 1.53. The first-order valence-corrected chi connectivity index (χ1v) is 10.1. The number of fused-ring (bicyclic) bond motifs is 1. The predicted octanol–water partition coefficient (Wildman–Crippen LogP) is 3.51. The Bertz CT molecular complexity index is 836. The fourth-order valence-electron chi connectivity index (χ4n) is 3.52. The van der Waals surface area contributed by atoms with Crippen LogP contribution < -0.4 is 5.32 Å². The number of hydrogen-bond acceptors (Lipinski definition) is 5. The van der Waals surface area contributed by atoms with E-state index in [0.29, 0.717) is 17.3 Å². The van der Waals surface area contributed by atoms with Gasteiger partial charge in [-0.3, -0.25) is 9.59 Å². The lowest BCUT2D eigenvalue weighted by molar-refractivity contribution is -0.135. The van der Waals surface area contributed by atoms with Crippen molar-refractivity contribution in [3.8, 4) is 11.3 Å². The van der Waals surface area contributed by atoms with Gasteiger partial charge < -0.3 is 10.2 Å². The number of nitrogens with one attached hydrogen (secondary N) is 1. The van der Waals surface area contributed by atoms with Crippen LogP contribution in [0, 0.1) is 6.92 Å². The van der Waals surface area contributed by atoms with E-state index in [1.54, 1.807) is 16.7 Å². The number of amides is 2. The molecule has 2 atom stereocenters. The van der Waals surface area contributed by atoms with Gasteiger partial charge in [0.15, 0.2) is 5.13 Å². The molecule has 2 aliphatic rings. The molecule has 0 bridgehead atoms. The highest BCUT2D eigenvalue weighted by molar-refractivity contribution is 8.01. The van der Waals surface area contributed by atoms with Gasteiger partial charge in [0.25, 0.3) is 0 Å². The number of anilines is 1. The fraction of sp³-hybridized carbons (Fsp3) is 0.389. The molecule has 2 amide bonds. The Hall–Kier alpha value is -1.86. The summed E-state index contributed by atoms with van der Waals surface area (Å²) in [6.45, 7) is 4.05. The summed E-state index contributed by atoms with van der Waals surface area (Å²) in [5, 5.41) is 3.52. The second-order valence-corrected chi connectivity index (χ2v) is 9.25. The van der Waals surface area contributed by atoms with E-state index in [4.69, 9.17) is 0 Å². The smallest absolute Gasteiger partial charge is 0.249 e. The van der Waals surface area contributed by atoms with E-state index in [9.17, 15) is 9.59 Å². The maximum absolute atomic E-state index is 12.8. The Kier molecular flexibility index (Phi) is 4.08. The van der Waals surface area contributed by atoms with E-state index in [1.165, 1.54) is 11.3 Å². The number of nitrogens with zero attached hydrogens (tertiary/aromatic N) is 2. The maximum Gasteiger partial charge on any atom is 0.249 e. The van der Waals surface area contributed by atoms with E-state index < -0.39 is 6.04 Å². The van der Waals surface area contributed by atoms with E-state index in [2.05, 4.69) is 17.2 Å². The molecule has 4 rings (SSSR count). The average molecular weight is 374 g/mol. The second-order valence-electron chi connectivity index (χ2n) is 6.54. The number of thiazole rings is 1. The molecule has 0 saturated carbocycles.